The second kappa shape index (κ2) is 30.9. The highest BCUT2D eigenvalue weighted by Crippen LogP contribution is 2.41. The molecule has 0 bridgehead atoms. The van der Waals surface area contributed by atoms with Crippen LogP contribution in [0.25, 0.3) is 0 Å². The first kappa shape index (κ1) is 67.5. The van der Waals surface area contributed by atoms with Crippen molar-refractivity contribution in [1.82, 2.24) is 39.0 Å². The van der Waals surface area contributed by atoms with Gasteiger partial charge in [0.05, 0.1) is 47.7 Å². The van der Waals surface area contributed by atoms with Gasteiger partial charge in [-0.25, -0.2) is 19.2 Å². The van der Waals surface area contributed by atoms with Gasteiger partial charge in [-0.15, -0.1) is 0 Å². The van der Waals surface area contributed by atoms with Crippen LogP contribution in [0.5, 0.6) is 0 Å². The molecule has 8 rings (SSSR count). The lowest BCUT2D eigenvalue weighted by molar-refractivity contribution is -0.151. The number of nitrogens with zero attached hydrogens (tertiary/aromatic N) is 2. The minimum atomic E-state index is -1.33. The number of aliphatic hydroxyl groups is 6. The molecule has 4 aromatic heterocycles. The van der Waals surface area contributed by atoms with Crippen molar-refractivity contribution in [2.45, 2.75) is 174 Å². The number of carbonyl (C=O) groups is 2. The maximum atomic E-state index is 12.1. The minimum absolute atomic E-state index is 0.00731. The quantitative estimate of drug-likeness (QED) is 0.0408. The van der Waals surface area contributed by atoms with Crippen LogP contribution in [0.3, 0.4) is 0 Å². The lowest BCUT2D eigenvalue weighted by atomic mass is 9.94. The van der Waals surface area contributed by atoms with Gasteiger partial charge in [0.25, 0.3) is 22.2 Å². The highest BCUT2D eigenvalue weighted by Gasteiger charge is 2.48. The molecule has 4 fully saturated rings. The maximum absolute atomic E-state index is 12.1. The van der Waals surface area contributed by atoms with Gasteiger partial charge in [0.2, 0.25) is 0 Å². The van der Waals surface area contributed by atoms with Crippen molar-refractivity contribution in [2.75, 3.05) is 17.6 Å². The summed E-state index contributed by atoms with van der Waals surface area (Å²) >= 11 is 2.29. The van der Waals surface area contributed by atoms with E-state index in [2.05, 4.69) is 54.4 Å². The summed E-state index contributed by atoms with van der Waals surface area (Å²) in [4.78, 5) is 128. The van der Waals surface area contributed by atoms with Crippen LogP contribution in [0.1, 0.15) is 122 Å². The average Bonchev–Trinajstić information content (AvgIpc) is 4.28. The van der Waals surface area contributed by atoms with E-state index >= 15 is 0 Å². The number of aromatic amines is 6. The van der Waals surface area contributed by atoms with Crippen LogP contribution in [0, 0.1) is 11.8 Å². The molecule has 0 aromatic carbocycles. The predicted molar refractivity (Wildman–Crippen MR) is 293 cm³/mol. The molecule has 4 saturated heterocycles. The van der Waals surface area contributed by atoms with E-state index in [1.54, 1.807) is 13.8 Å². The highest BCUT2D eigenvalue weighted by atomic mass is 127. The number of carbonyl (C=O) groups excluding carboxylic acids is 2. The lowest BCUT2D eigenvalue weighted by Gasteiger charge is -2.21. The molecular weight excluding hydrogens is 1190 g/mol. The van der Waals surface area contributed by atoms with Crippen molar-refractivity contribution in [2.24, 2.45) is 11.8 Å². The number of hydrogen-bond donors (Lipinski definition) is 12. The van der Waals surface area contributed by atoms with Gasteiger partial charge in [-0.05, 0) is 31.1 Å². The van der Waals surface area contributed by atoms with Gasteiger partial charge in [0.15, 0.2) is 0 Å². The zero-order valence-corrected chi connectivity index (χ0v) is 48.1. The largest absolute Gasteiger partial charge is 0.459 e. The van der Waals surface area contributed by atoms with E-state index < -0.39 is 143 Å². The van der Waals surface area contributed by atoms with Gasteiger partial charge in [-0.1, -0.05) is 57.2 Å². The fourth-order valence-electron chi connectivity index (χ4n) is 9.42. The Morgan fingerprint density at radius 1 is 0.519 bits per heavy atom. The van der Waals surface area contributed by atoms with Gasteiger partial charge in [0.1, 0.15) is 73.2 Å². The van der Waals surface area contributed by atoms with E-state index in [9.17, 15) is 68.4 Å². The molecule has 0 radical (unpaired) electrons. The summed E-state index contributed by atoms with van der Waals surface area (Å²) in [6.45, 7) is 15.9. The normalized spacial score (nSPS) is 29.1. The average molecular weight is 1270 g/mol. The third-order valence-electron chi connectivity index (χ3n) is 13.6. The van der Waals surface area contributed by atoms with E-state index in [4.69, 9.17) is 38.6 Å². The van der Waals surface area contributed by atoms with E-state index in [-0.39, 0.29) is 40.7 Å². The molecule has 0 unspecified atom stereocenters. The molecule has 81 heavy (non-hydrogen) atoms. The maximum Gasteiger partial charge on any atom is 0.328 e. The number of hydrogen-bond acceptors (Lipinski definition) is 22. The third-order valence-corrected chi connectivity index (χ3v) is 13.6. The smallest absolute Gasteiger partial charge is 0.328 e. The van der Waals surface area contributed by atoms with Gasteiger partial charge in [0, 0.05) is 63.6 Å². The van der Waals surface area contributed by atoms with Crippen molar-refractivity contribution in [3.63, 3.8) is 0 Å². The number of ether oxygens (including phenoxy) is 6. The number of aromatic nitrogens is 8. The molecule has 0 aliphatic carbocycles. The minimum Gasteiger partial charge on any atom is -0.459 e. The Hall–Kier alpha value is -6.01. The molecule has 12 N–H and O–H groups in total. The Morgan fingerprint density at radius 3 is 1.14 bits per heavy atom. The first-order valence-electron chi connectivity index (χ1n) is 26.0. The van der Waals surface area contributed by atoms with Crippen LogP contribution >= 0.6 is 22.6 Å². The summed E-state index contributed by atoms with van der Waals surface area (Å²) in [7, 11) is 0. The summed E-state index contributed by atoms with van der Waals surface area (Å²) in [5.74, 6) is -0.893. The standard InChI is InChI=1S/C15H22N2O5.C13H18N2O5.C11H16N2O6.C9H12N2O6.C2H5I/c1-5-11-8(3)12(21-9(4)18)13(22-11)10-7-17(6-2)15(20)16-14(10)19;1-4-9-6(2)10(19-7(3)16)11(20-9)8-5-14-13(18)15-12(8)17;1-2-13-3-5(10(17)12-11(13)18)9-8(16)7(15)6(4-14)19-9;12-2-4-5(13)6(14)7(17-4)3-1-10-9(16)11-8(3)15;1-2-3/h7-8,11-13H,5-6H2,1-4H3,(H,16,19,20);5-6,9-11H,4H2,1-3H3,(H2,14,15,17,18);3,6-9,14-16H,2,4H2,1H3,(H,12,17,18);1,4-7,12-14H,2H2,(H2,10,11,15,16);2H2,1H3/t8-,11-,12-,13+;6-,9-,10-,11+;6-,7-,8-,9+;4-,5-,6-,7+;/m1111./s1. The molecule has 4 aliphatic rings. The molecular formula is C50H73IN8O22. The highest BCUT2D eigenvalue weighted by molar-refractivity contribution is 14.1. The molecule has 31 heteroatoms. The molecule has 16 atom stereocenters. The molecule has 30 nitrogen and oxygen atoms in total. The van der Waals surface area contributed by atoms with Gasteiger partial charge < -0.3 is 78.2 Å². The Morgan fingerprint density at radius 2 is 0.827 bits per heavy atom. The predicted octanol–water partition coefficient (Wildman–Crippen LogP) is -2.18. The second-order valence-corrected chi connectivity index (χ2v) is 20.5. The van der Waals surface area contributed by atoms with E-state index in [1.807, 2.05) is 32.7 Å². The van der Waals surface area contributed by atoms with Gasteiger partial charge in [-0.2, -0.15) is 0 Å². The summed E-state index contributed by atoms with van der Waals surface area (Å²) in [5, 5.41) is 56.6. The van der Waals surface area contributed by atoms with Crippen LogP contribution in [0.15, 0.2) is 63.1 Å². The second-order valence-electron chi connectivity index (χ2n) is 19.0. The van der Waals surface area contributed by atoms with Gasteiger partial charge >= 0.3 is 34.7 Å². The first-order chi connectivity index (χ1) is 38.3. The van der Waals surface area contributed by atoms with Crippen molar-refractivity contribution in [1.29, 1.82) is 0 Å². The zero-order chi connectivity index (χ0) is 60.7. The summed E-state index contributed by atoms with van der Waals surface area (Å²) in [6, 6.07) is 0. The van der Waals surface area contributed by atoms with Crippen LogP contribution in [-0.4, -0.2) is 160 Å². The monoisotopic (exact) mass is 1260 g/mol. The van der Waals surface area contributed by atoms with Crippen LogP contribution in [0.2, 0.25) is 0 Å². The van der Waals surface area contributed by atoms with E-state index in [1.165, 1.54) is 46.0 Å². The SMILES string of the molecule is CCI.CC[C@H]1O[C@@H](c2c[nH]c(=O)[nH]c2=O)[C@H](OC(C)=O)[C@@H]1C.CC[C@H]1O[C@@H](c2cn(CC)c(=O)[nH]c2=O)[C@H](OC(C)=O)[C@@H]1C.CCn1cc([C@@H]2O[C@H](CO)[C@@H](O)[C@H]2O)c(=O)[nH]c1=O.O=c1[nH]cc([C@@H]2O[C@H](CO)[C@@H](O)[C@H]2O)c(=O)[nH]1. The number of alkyl halides is 1. The fraction of sp³-hybridized carbons (Fsp3) is 0.640. The Kier molecular flexibility index (Phi) is 25.7. The zero-order valence-electron chi connectivity index (χ0n) is 46.0. The van der Waals surface area contributed by atoms with Gasteiger partial charge in [-0.3, -0.25) is 48.7 Å². The summed E-state index contributed by atoms with van der Waals surface area (Å²) in [5.41, 5.74) is -4.06. The number of halogens is 1. The Balaban J connectivity index is 0.000000229. The van der Waals surface area contributed by atoms with Crippen molar-refractivity contribution < 1.29 is 68.6 Å². The molecule has 0 saturated carbocycles. The Labute approximate surface area is 474 Å². The topological polar surface area (TPSA) is 452 Å². The van der Waals surface area contributed by atoms with Crippen LogP contribution in [-0.2, 0) is 51.1 Å². The molecule has 452 valence electrons. The van der Waals surface area contributed by atoms with Crippen molar-refractivity contribution in [3.05, 3.63) is 130 Å². The number of nitrogens with one attached hydrogen (secondary N) is 6. The fourth-order valence-corrected chi connectivity index (χ4v) is 9.42. The Bertz CT molecular complexity index is 3200. The van der Waals surface area contributed by atoms with Crippen LogP contribution in [0.4, 0.5) is 0 Å². The van der Waals surface area contributed by atoms with Crippen molar-refractivity contribution in [3.8, 4) is 0 Å². The van der Waals surface area contributed by atoms with E-state index in [0.29, 0.717) is 18.7 Å². The molecule has 4 aliphatic heterocycles. The molecule has 4 aromatic rings. The molecule has 0 spiro atoms. The number of aliphatic hydroxyl groups excluding tert-OH is 6. The lowest BCUT2D eigenvalue weighted by Crippen LogP contribution is -2.35. The third kappa shape index (κ3) is 16.6. The summed E-state index contributed by atoms with van der Waals surface area (Å²) < 4.78 is 36.7. The molecule has 0 amide bonds. The number of aryl methyl sites for hydroxylation is 2. The number of H-pyrrole nitrogens is 6. The van der Waals surface area contributed by atoms with E-state index in [0.717, 1.165) is 19.0 Å². The number of rotatable bonds is 12. The first-order valence-corrected chi connectivity index (χ1v) is 27.6. The van der Waals surface area contributed by atoms with Crippen molar-refractivity contribution >= 4 is 34.5 Å². The van der Waals surface area contributed by atoms with Crippen LogP contribution < -0.4 is 45.0 Å². The molecule has 8 heterocycles. The summed E-state index contributed by atoms with van der Waals surface area (Å²) in [6.07, 6.45) is -5.19. The number of esters is 2.